The van der Waals surface area contributed by atoms with Gasteiger partial charge in [0, 0.05) is 11.1 Å². The van der Waals surface area contributed by atoms with Crippen LogP contribution in [0, 0.1) is 0 Å². The van der Waals surface area contributed by atoms with Crippen molar-refractivity contribution in [1.29, 1.82) is 0 Å². The third kappa shape index (κ3) is 3.62. The van der Waals surface area contributed by atoms with Crippen LogP contribution in [0.5, 0.6) is 0 Å². The zero-order chi connectivity index (χ0) is 16.5. The van der Waals surface area contributed by atoms with Crippen LogP contribution in [0.4, 0.5) is 0 Å². The highest BCUT2D eigenvalue weighted by Crippen LogP contribution is 2.22. The SMILES string of the molecule is CC(C)(O)c1ccc(C(=O)c2ccc(C(C)(C)O)cc2)cc1. The van der Waals surface area contributed by atoms with E-state index >= 15 is 0 Å². The van der Waals surface area contributed by atoms with Crippen LogP contribution in [-0.4, -0.2) is 16.0 Å². The maximum atomic E-state index is 12.4. The second-order valence-corrected chi connectivity index (χ2v) is 6.60. The van der Waals surface area contributed by atoms with Gasteiger partial charge >= 0.3 is 0 Å². The van der Waals surface area contributed by atoms with Crippen LogP contribution in [0.25, 0.3) is 0 Å². The number of benzene rings is 2. The van der Waals surface area contributed by atoms with Crippen molar-refractivity contribution in [3.63, 3.8) is 0 Å². The Hall–Kier alpha value is -1.97. The van der Waals surface area contributed by atoms with E-state index in [0.717, 1.165) is 11.1 Å². The van der Waals surface area contributed by atoms with Gasteiger partial charge in [0.15, 0.2) is 5.78 Å². The highest BCUT2D eigenvalue weighted by molar-refractivity contribution is 6.09. The number of aliphatic hydroxyl groups is 2. The molecule has 0 bridgehead atoms. The number of hydrogen-bond donors (Lipinski definition) is 2. The Bertz CT molecular complexity index is 594. The summed E-state index contributed by atoms with van der Waals surface area (Å²) in [6.07, 6.45) is 0. The first-order valence-corrected chi connectivity index (χ1v) is 7.29. The van der Waals surface area contributed by atoms with E-state index < -0.39 is 11.2 Å². The third-order valence-corrected chi connectivity index (χ3v) is 3.71. The Morgan fingerprint density at radius 2 is 0.955 bits per heavy atom. The standard InChI is InChI=1S/C19H22O3/c1-18(2,21)15-9-5-13(6-10-15)17(20)14-7-11-16(12-8-14)19(3,4)22/h5-12,21-22H,1-4H3. The molecule has 116 valence electrons. The summed E-state index contributed by atoms with van der Waals surface area (Å²) in [5.41, 5.74) is 0.835. The van der Waals surface area contributed by atoms with Crippen LogP contribution in [0.1, 0.15) is 54.7 Å². The van der Waals surface area contributed by atoms with Crippen molar-refractivity contribution in [2.24, 2.45) is 0 Å². The van der Waals surface area contributed by atoms with Crippen molar-refractivity contribution in [3.05, 3.63) is 70.8 Å². The van der Waals surface area contributed by atoms with E-state index in [1.54, 1.807) is 76.2 Å². The third-order valence-electron chi connectivity index (χ3n) is 3.71. The van der Waals surface area contributed by atoms with Gasteiger partial charge in [-0.1, -0.05) is 48.5 Å². The van der Waals surface area contributed by atoms with E-state index in [1.807, 2.05) is 0 Å². The van der Waals surface area contributed by atoms with E-state index in [9.17, 15) is 15.0 Å². The lowest BCUT2D eigenvalue weighted by Gasteiger charge is -2.18. The number of rotatable bonds is 4. The molecule has 0 amide bonds. The maximum absolute atomic E-state index is 12.4. The van der Waals surface area contributed by atoms with Crippen molar-refractivity contribution >= 4 is 5.78 Å². The lowest BCUT2D eigenvalue weighted by Crippen LogP contribution is -2.16. The number of ketones is 1. The second-order valence-electron chi connectivity index (χ2n) is 6.60. The molecular weight excluding hydrogens is 276 g/mol. The van der Waals surface area contributed by atoms with Crippen LogP contribution in [0.2, 0.25) is 0 Å². The van der Waals surface area contributed by atoms with E-state index in [-0.39, 0.29) is 5.78 Å². The molecule has 0 atom stereocenters. The van der Waals surface area contributed by atoms with Gasteiger partial charge in [0.05, 0.1) is 11.2 Å². The number of carbonyl (C=O) groups excluding carboxylic acids is 1. The van der Waals surface area contributed by atoms with Crippen molar-refractivity contribution < 1.29 is 15.0 Å². The van der Waals surface area contributed by atoms with Gasteiger partial charge in [-0.2, -0.15) is 0 Å². The molecule has 0 aliphatic rings. The van der Waals surface area contributed by atoms with Crippen LogP contribution >= 0.6 is 0 Å². The molecule has 3 nitrogen and oxygen atoms in total. The Labute approximate surface area is 131 Å². The lowest BCUT2D eigenvalue weighted by molar-refractivity contribution is 0.0780. The fourth-order valence-corrected chi connectivity index (χ4v) is 2.23. The average Bonchev–Trinajstić information content (AvgIpc) is 2.45. The molecule has 2 aromatic rings. The zero-order valence-corrected chi connectivity index (χ0v) is 13.4. The summed E-state index contributed by atoms with van der Waals surface area (Å²) < 4.78 is 0. The quantitative estimate of drug-likeness (QED) is 0.851. The molecule has 0 spiro atoms. The smallest absolute Gasteiger partial charge is 0.193 e. The summed E-state index contributed by atoms with van der Waals surface area (Å²) >= 11 is 0. The average molecular weight is 298 g/mol. The summed E-state index contributed by atoms with van der Waals surface area (Å²) in [4.78, 5) is 12.4. The Morgan fingerprint density at radius 1 is 0.682 bits per heavy atom. The summed E-state index contributed by atoms with van der Waals surface area (Å²) in [7, 11) is 0. The van der Waals surface area contributed by atoms with Gasteiger partial charge in [-0.05, 0) is 38.8 Å². The highest BCUT2D eigenvalue weighted by Gasteiger charge is 2.18. The molecule has 0 heterocycles. The number of hydrogen-bond acceptors (Lipinski definition) is 3. The first kappa shape index (κ1) is 16.4. The summed E-state index contributed by atoms with van der Waals surface area (Å²) in [5, 5.41) is 19.9. The topological polar surface area (TPSA) is 57.5 Å². The molecule has 0 aliphatic carbocycles. The Morgan fingerprint density at radius 3 is 1.18 bits per heavy atom. The molecule has 0 aliphatic heterocycles. The normalized spacial score (nSPS) is 12.3. The van der Waals surface area contributed by atoms with Crippen molar-refractivity contribution in [3.8, 4) is 0 Å². The van der Waals surface area contributed by atoms with Gasteiger partial charge in [-0.25, -0.2) is 0 Å². The van der Waals surface area contributed by atoms with Gasteiger partial charge in [0.1, 0.15) is 0 Å². The molecule has 0 saturated carbocycles. The highest BCUT2D eigenvalue weighted by atomic mass is 16.3. The predicted molar refractivity (Wildman–Crippen MR) is 86.8 cm³/mol. The van der Waals surface area contributed by atoms with Gasteiger partial charge in [0.2, 0.25) is 0 Å². The molecule has 0 unspecified atom stereocenters. The number of carbonyl (C=O) groups is 1. The molecule has 22 heavy (non-hydrogen) atoms. The van der Waals surface area contributed by atoms with E-state index in [1.165, 1.54) is 0 Å². The minimum absolute atomic E-state index is 0.0791. The van der Waals surface area contributed by atoms with Crippen molar-refractivity contribution in [2.45, 2.75) is 38.9 Å². The largest absolute Gasteiger partial charge is 0.386 e. The summed E-state index contributed by atoms with van der Waals surface area (Å²) in [6, 6.07) is 13.9. The molecule has 3 heteroatoms. The minimum atomic E-state index is -0.921. The molecule has 0 fully saturated rings. The zero-order valence-electron chi connectivity index (χ0n) is 13.4. The first-order chi connectivity index (χ1) is 10.1. The fraction of sp³-hybridized carbons (Fsp3) is 0.316. The molecule has 2 rings (SSSR count). The van der Waals surface area contributed by atoms with Crippen LogP contribution < -0.4 is 0 Å². The summed E-state index contributed by atoms with van der Waals surface area (Å²) in [5.74, 6) is -0.0791. The van der Waals surface area contributed by atoms with Crippen LogP contribution in [0.15, 0.2) is 48.5 Å². The van der Waals surface area contributed by atoms with Crippen molar-refractivity contribution in [1.82, 2.24) is 0 Å². The predicted octanol–water partition coefficient (Wildman–Crippen LogP) is 3.37. The monoisotopic (exact) mass is 298 g/mol. The molecule has 0 saturated heterocycles. The molecule has 2 N–H and O–H groups in total. The lowest BCUT2D eigenvalue weighted by atomic mass is 9.93. The first-order valence-electron chi connectivity index (χ1n) is 7.29. The van der Waals surface area contributed by atoms with Gasteiger partial charge in [-0.15, -0.1) is 0 Å². The molecule has 2 aromatic carbocycles. The molecule has 0 aromatic heterocycles. The minimum Gasteiger partial charge on any atom is -0.386 e. The van der Waals surface area contributed by atoms with Crippen LogP contribution in [0.3, 0.4) is 0 Å². The maximum Gasteiger partial charge on any atom is 0.193 e. The molecule has 0 radical (unpaired) electrons. The van der Waals surface area contributed by atoms with Gasteiger partial charge < -0.3 is 10.2 Å². The van der Waals surface area contributed by atoms with Crippen molar-refractivity contribution in [2.75, 3.05) is 0 Å². The summed E-state index contributed by atoms with van der Waals surface area (Å²) in [6.45, 7) is 6.83. The van der Waals surface area contributed by atoms with E-state index in [0.29, 0.717) is 11.1 Å². The second kappa shape index (κ2) is 5.67. The molecular formula is C19H22O3. The Kier molecular flexibility index (Phi) is 4.23. The Balaban J connectivity index is 2.25. The van der Waals surface area contributed by atoms with Crippen LogP contribution in [-0.2, 0) is 11.2 Å². The van der Waals surface area contributed by atoms with E-state index in [2.05, 4.69) is 0 Å². The van der Waals surface area contributed by atoms with Gasteiger partial charge in [-0.3, -0.25) is 4.79 Å². The van der Waals surface area contributed by atoms with Gasteiger partial charge in [0.25, 0.3) is 0 Å². The fourth-order valence-electron chi connectivity index (χ4n) is 2.23. The van der Waals surface area contributed by atoms with E-state index in [4.69, 9.17) is 0 Å².